The topological polar surface area (TPSA) is 32.3 Å². The fourth-order valence-electron chi connectivity index (χ4n) is 2.00. The number of rotatable bonds is 4. The van der Waals surface area contributed by atoms with Gasteiger partial charge >= 0.3 is 0 Å². The molecule has 1 aliphatic heterocycles. The Hall–Kier alpha value is -0.870. The van der Waals surface area contributed by atoms with E-state index in [1.807, 2.05) is 4.90 Å². The lowest BCUT2D eigenvalue weighted by Crippen LogP contribution is -2.35. The Kier molecular flexibility index (Phi) is 3.84. The Balaban J connectivity index is 2.09. The number of thiophene rings is 1. The van der Waals surface area contributed by atoms with Gasteiger partial charge in [0.05, 0.1) is 6.54 Å². The van der Waals surface area contributed by atoms with Gasteiger partial charge in [-0.25, -0.2) is 0 Å². The maximum absolute atomic E-state index is 11.9. The molecule has 17 heavy (non-hydrogen) atoms. The van der Waals surface area contributed by atoms with Crippen molar-refractivity contribution in [3.8, 4) is 0 Å². The zero-order valence-electron chi connectivity index (χ0n) is 10.6. The van der Waals surface area contributed by atoms with E-state index >= 15 is 0 Å². The largest absolute Gasteiger partial charge is 0.322 e. The summed E-state index contributed by atoms with van der Waals surface area (Å²) in [6, 6.07) is 2.09. The minimum Gasteiger partial charge on any atom is -0.322 e. The molecular formula is C13H20N2OS. The highest BCUT2D eigenvalue weighted by Gasteiger charge is 2.32. The lowest BCUT2D eigenvalue weighted by molar-refractivity contribution is -0.128. The molecule has 2 atom stereocenters. The van der Waals surface area contributed by atoms with Crippen molar-refractivity contribution in [2.75, 3.05) is 13.1 Å². The first kappa shape index (κ1) is 12.6. The smallest absolute Gasteiger partial charge is 0.238 e. The second-order valence-electron chi connectivity index (χ2n) is 5.11. The van der Waals surface area contributed by atoms with E-state index in [-0.39, 0.29) is 12.1 Å². The van der Waals surface area contributed by atoms with Gasteiger partial charge in [-0.15, -0.1) is 0 Å². The van der Waals surface area contributed by atoms with E-state index in [2.05, 4.69) is 42.9 Å². The van der Waals surface area contributed by atoms with Gasteiger partial charge < -0.3 is 4.90 Å². The van der Waals surface area contributed by atoms with Crippen molar-refractivity contribution in [3.63, 3.8) is 0 Å². The number of carbonyl (C=O) groups excluding carboxylic acids is 1. The average molecular weight is 252 g/mol. The molecule has 1 aromatic heterocycles. The maximum Gasteiger partial charge on any atom is 0.238 e. The van der Waals surface area contributed by atoms with Crippen LogP contribution < -0.4 is 5.32 Å². The predicted molar refractivity (Wildman–Crippen MR) is 70.8 cm³/mol. The molecule has 1 aromatic rings. The Labute approximate surface area is 107 Å². The van der Waals surface area contributed by atoms with Crippen molar-refractivity contribution >= 4 is 17.2 Å². The molecule has 0 spiro atoms. The molecular weight excluding hydrogens is 232 g/mol. The molecule has 94 valence electrons. The summed E-state index contributed by atoms with van der Waals surface area (Å²) >= 11 is 1.68. The summed E-state index contributed by atoms with van der Waals surface area (Å²) in [6.07, 6.45) is 0.0787. The standard InChI is InChI=1S/C13H20N2OS/c1-9(2)10(3)7-15-12(16)6-14-13(15)11-4-5-17-8-11/h4-5,8-10,13-14H,6-7H2,1-3H3. The molecule has 1 N–H and O–H groups in total. The molecule has 4 heteroatoms. The fraction of sp³-hybridized carbons (Fsp3) is 0.615. The van der Waals surface area contributed by atoms with Crippen LogP contribution in [0.4, 0.5) is 0 Å². The summed E-state index contributed by atoms with van der Waals surface area (Å²) < 4.78 is 0. The number of hydrogen-bond acceptors (Lipinski definition) is 3. The van der Waals surface area contributed by atoms with Crippen molar-refractivity contribution in [3.05, 3.63) is 22.4 Å². The lowest BCUT2D eigenvalue weighted by Gasteiger charge is -2.28. The number of nitrogens with one attached hydrogen (secondary N) is 1. The molecule has 0 aliphatic carbocycles. The molecule has 0 saturated carbocycles. The molecule has 0 aromatic carbocycles. The molecule has 0 bridgehead atoms. The van der Waals surface area contributed by atoms with E-state index in [1.54, 1.807) is 11.3 Å². The van der Waals surface area contributed by atoms with Crippen LogP contribution in [0.5, 0.6) is 0 Å². The first-order chi connectivity index (χ1) is 8.09. The lowest BCUT2D eigenvalue weighted by atomic mass is 9.97. The number of hydrogen-bond donors (Lipinski definition) is 1. The van der Waals surface area contributed by atoms with Crippen LogP contribution in [0.1, 0.15) is 32.5 Å². The molecule has 2 unspecified atom stereocenters. The first-order valence-corrected chi connectivity index (χ1v) is 7.09. The Bertz CT molecular complexity index is 375. The number of carbonyl (C=O) groups is 1. The Morgan fingerprint density at radius 2 is 2.29 bits per heavy atom. The summed E-state index contributed by atoms with van der Waals surface area (Å²) in [5.41, 5.74) is 1.21. The monoisotopic (exact) mass is 252 g/mol. The Morgan fingerprint density at radius 1 is 1.53 bits per heavy atom. The predicted octanol–water partition coefficient (Wildman–Crippen LogP) is 2.47. The third-order valence-electron chi connectivity index (χ3n) is 3.56. The van der Waals surface area contributed by atoms with Crippen LogP contribution in [0.25, 0.3) is 0 Å². The SMILES string of the molecule is CC(C)C(C)CN1C(=O)CNC1c1ccsc1. The summed E-state index contributed by atoms with van der Waals surface area (Å²) in [5, 5.41) is 7.46. The third kappa shape index (κ3) is 2.69. The summed E-state index contributed by atoms with van der Waals surface area (Å²) in [7, 11) is 0. The van der Waals surface area contributed by atoms with Crippen LogP contribution in [-0.4, -0.2) is 23.9 Å². The van der Waals surface area contributed by atoms with Crippen LogP contribution in [0.3, 0.4) is 0 Å². The highest BCUT2D eigenvalue weighted by Crippen LogP contribution is 2.26. The van der Waals surface area contributed by atoms with E-state index < -0.39 is 0 Å². The van der Waals surface area contributed by atoms with Crippen LogP contribution in [-0.2, 0) is 4.79 Å². The van der Waals surface area contributed by atoms with E-state index in [9.17, 15) is 4.79 Å². The van der Waals surface area contributed by atoms with Gasteiger partial charge in [-0.05, 0) is 34.2 Å². The van der Waals surface area contributed by atoms with Crippen molar-refractivity contribution in [1.82, 2.24) is 10.2 Å². The maximum atomic E-state index is 11.9. The van der Waals surface area contributed by atoms with Gasteiger partial charge in [0.1, 0.15) is 6.17 Å². The zero-order chi connectivity index (χ0) is 12.4. The molecule has 1 saturated heterocycles. The van der Waals surface area contributed by atoms with Gasteiger partial charge in [0.25, 0.3) is 0 Å². The molecule has 2 rings (SSSR count). The molecule has 0 radical (unpaired) electrons. The Morgan fingerprint density at radius 3 is 2.88 bits per heavy atom. The first-order valence-electron chi connectivity index (χ1n) is 6.14. The normalized spacial score (nSPS) is 22.5. The van der Waals surface area contributed by atoms with Crippen LogP contribution >= 0.6 is 11.3 Å². The van der Waals surface area contributed by atoms with E-state index in [0.29, 0.717) is 18.4 Å². The van der Waals surface area contributed by atoms with Gasteiger partial charge in [-0.3, -0.25) is 10.1 Å². The van der Waals surface area contributed by atoms with Gasteiger partial charge in [0.2, 0.25) is 5.91 Å². The molecule has 1 amide bonds. The molecule has 1 fully saturated rings. The van der Waals surface area contributed by atoms with Gasteiger partial charge in [-0.1, -0.05) is 20.8 Å². The summed E-state index contributed by atoms with van der Waals surface area (Å²) in [6.45, 7) is 7.92. The van der Waals surface area contributed by atoms with Crippen LogP contribution in [0.2, 0.25) is 0 Å². The van der Waals surface area contributed by atoms with Crippen LogP contribution in [0.15, 0.2) is 16.8 Å². The minimum atomic E-state index is 0.0787. The van der Waals surface area contributed by atoms with Gasteiger partial charge in [0.15, 0.2) is 0 Å². The van der Waals surface area contributed by atoms with Gasteiger partial charge in [0, 0.05) is 6.54 Å². The van der Waals surface area contributed by atoms with Gasteiger partial charge in [-0.2, -0.15) is 11.3 Å². The molecule has 3 nitrogen and oxygen atoms in total. The van der Waals surface area contributed by atoms with Crippen molar-refractivity contribution in [1.29, 1.82) is 0 Å². The molecule has 1 aliphatic rings. The van der Waals surface area contributed by atoms with Crippen molar-refractivity contribution < 1.29 is 4.79 Å². The van der Waals surface area contributed by atoms with Crippen molar-refractivity contribution in [2.45, 2.75) is 26.9 Å². The summed E-state index contributed by atoms with van der Waals surface area (Å²) in [4.78, 5) is 13.9. The minimum absolute atomic E-state index is 0.0787. The fourth-order valence-corrected chi connectivity index (χ4v) is 2.68. The second kappa shape index (κ2) is 5.19. The van der Waals surface area contributed by atoms with Crippen molar-refractivity contribution in [2.24, 2.45) is 11.8 Å². The number of nitrogens with zero attached hydrogens (tertiary/aromatic N) is 1. The highest BCUT2D eigenvalue weighted by molar-refractivity contribution is 7.07. The van der Waals surface area contributed by atoms with E-state index in [4.69, 9.17) is 0 Å². The quantitative estimate of drug-likeness (QED) is 0.893. The third-order valence-corrected chi connectivity index (χ3v) is 4.26. The zero-order valence-corrected chi connectivity index (χ0v) is 11.5. The number of amides is 1. The highest BCUT2D eigenvalue weighted by atomic mass is 32.1. The summed E-state index contributed by atoms with van der Waals surface area (Å²) in [5.74, 6) is 1.35. The average Bonchev–Trinajstić information content (AvgIpc) is 2.89. The second-order valence-corrected chi connectivity index (χ2v) is 5.89. The van der Waals surface area contributed by atoms with E-state index in [0.717, 1.165) is 6.54 Å². The molecule has 2 heterocycles. The van der Waals surface area contributed by atoms with Crippen LogP contribution in [0, 0.1) is 11.8 Å². The van der Waals surface area contributed by atoms with E-state index in [1.165, 1.54) is 5.56 Å².